The van der Waals surface area contributed by atoms with Crippen LogP contribution in [0.2, 0.25) is 5.02 Å². The van der Waals surface area contributed by atoms with Crippen molar-refractivity contribution in [3.8, 4) is 0 Å². The highest BCUT2D eigenvalue weighted by Gasteiger charge is 2.34. The molecular weight excluding hydrogens is 500 g/mol. The van der Waals surface area contributed by atoms with E-state index in [9.17, 15) is 14.4 Å². The standard InChI is InChI=1S/C25H29ClN6O3S/c1-13(33)27-16-4-6-18(29-24(35)25-31-19-7-8-32(2)12-22(19)36-25)20(11-16)30-23(34)21-10-14-9-15(26)3-5-17(14)28-21/h3,5,9-10,16,18,20,28H,4,6-8,11-12H2,1-2H3,(H,27,33)(H,29,35)(H,30,34)/t16?,18-,20+/m1/s1. The highest BCUT2D eigenvalue weighted by Crippen LogP contribution is 2.26. The fourth-order valence-corrected chi connectivity index (χ4v) is 6.32. The second-order valence-electron chi connectivity index (χ2n) is 9.66. The lowest BCUT2D eigenvalue weighted by Gasteiger charge is -2.37. The third kappa shape index (κ3) is 5.40. The number of hydrogen-bond donors (Lipinski definition) is 4. The second-order valence-corrected chi connectivity index (χ2v) is 11.2. The number of fused-ring (bicyclic) bond motifs is 2. The number of halogens is 1. The van der Waals surface area contributed by atoms with Crippen molar-refractivity contribution >= 4 is 51.6 Å². The molecule has 2 aromatic heterocycles. The summed E-state index contributed by atoms with van der Waals surface area (Å²) in [6.45, 7) is 3.22. The number of carbonyl (C=O) groups is 3. The van der Waals surface area contributed by atoms with Crippen LogP contribution in [0.25, 0.3) is 10.9 Å². The van der Waals surface area contributed by atoms with Crippen molar-refractivity contribution in [1.82, 2.24) is 30.8 Å². The van der Waals surface area contributed by atoms with Crippen LogP contribution in [0.3, 0.4) is 0 Å². The van der Waals surface area contributed by atoms with Crippen molar-refractivity contribution in [1.29, 1.82) is 0 Å². The first-order valence-corrected chi connectivity index (χ1v) is 13.3. The smallest absolute Gasteiger partial charge is 0.280 e. The molecule has 1 unspecified atom stereocenters. The molecule has 3 amide bonds. The quantitative estimate of drug-likeness (QED) is 0.406. The third-order valence-electron chi connectivity index (χ3n) is 6.83. The minimum absolute atomic E-state index is 0.0785. The molecule has 1 aliphatic heterocycles. The van der Waals surface area contributed by atoms with E-state index >= 15 is 0 Å². The molecule has 0 bridgehead atoms. The van der Waals surface area contributed by atoms with Gasteiger partial charge >= 0.3 is 0 Å². The number of amides is 3. The van der Waals surface area contributed by atoms with Crippen LogP contribution in [0.15, 0.2) is 24.3 Å². The van der Waals surface area contributed by atoms with Gasteiger partial charge in [-0.2, -0.15) is 0 Å². The van der Waals surface area contributed by atoms with E-state index in [2.05, 4.69) is 37.9 Å². The molecule has 3 atom stereocenters. The zero-order valence-electron chi connectivity index (χ0n) is 20.2. The number of nitrogens with zero attached hydrogens (tertiary/aromatic N) is 2. The molecule has 3 heterocycles. The van der Waals surface area contributed by atoms with E-state index in [1.54, 1.807) is 18.2 Å². The minimum atomic E-state index is -0.359. The van der Waals surface area contributed by atoms with E-state index in [0.29, 0.717) is 35.0 Å². The maximum absolute atomic E-state index is 13.2. The predicted octanol–water partition coefficient (Wildman–Crippen LogP) is 2.85. The molecule has 1 aromatic carbocycles. The van der Waals surface area contributed by atoms with Crippen LogP contribution in [-0.2, 0) is 17.8 Å². The summed E-state index contributed by atoms with van der Waals surface area (Å²) in [5, 5.41) is 11.0. The molecule has 0 spiro atoms. The fraction of sp³-hybridized carbons (Fsp3) is 0.440. The molecule has 0 saturated heterocycles. The van der Waals surface area contributed by atoms with Gasteiger partial charge in [0.2, 0.25) is 5.91 Å². The van der Waals surface area contributed by atoms with Gasteiger partial charge in [0.05, 0.1) is 11.7 Å². The van der Waals surface area contributed by atoms with Gasteiger partial charge in [-0.25, -0.2) is 4.98 Å². The van der Waals surface area contributed by atoms with E-state index in [4.69, 9.17) is 11.6 Å². The Labute approximate surface area is 218 Å². The lowest BCUT2D eigenvalue weighted by atomic mass is 9.86. The first-order chi connectivity index (χ1) is 17.2. The van der Waals surface area contributed by atoms with Crippen molar-refractivity contribution in [2.45, 2.75) is 57.3 Å². The Morgan fingerprint density at radius 3 is 2.72 bits per heavy atom. The van der Waals surface area contributed by atoms with E-state index in [1.807, 2.05) is 6.07 Å². The van der Waals surface area contributed by atoms with Crippen LogP contribution in [0.4, 0.5) is 0 Å². The highest BCUT2D eigenvalue weighted by molar-refractivity contribution is 7.13. The zero-order valence-corrected chi connectivity index (χ0v) is 21.8. The van der Waals surface area contributed by atoms with Crippen molar-refractivity contribution in [3.05, 3.63) is 50.6 Å². The van der Waals surface area contributed by atoms with E-state index in [-0.39, 0.29) is 35.8 Å². The average molecular weight is 529 g/mol. The molecule has 2 aliphatic rings. The second kappa shape index (κ2) is 10.2. The SMILES string of the molecule is CC(=O)NC1CC[C@@H](NC(=O)c2nc3c(s2)CN(C)CC3)[C@@H](NC(=O)c2cc3cc(Cl)ccc3[nH]2)C1. The molecule has 11 heteroatoms. The summed E-state index contributed by atoms with van der Waals surface area (Å²) in [5.74, 6) is -0.610. The highest BCUT2D eigenvalue weighted by atomic mass is 35.5. The molecule has 1 saturated carbocycles. The molecule has 3 aromatic rings. The molecule has 190 valence electrons. The van der Waals surface area contributed by atoms with Gasteiger partial charge in [-0.3, -0.25) is 14.4 Å². The van der Waals surface area contributed by atoms with Gasteiger partial charge < -0.3 is 25.8 Å². The maximum atomic E-state index is 13.2. The monoisotopic (exact) mass is 528 g/mol. The first-order valence-electron chi connectivity index (χ1n) is 12.1. The molecule has 0 radical (unpaired) electrons. The number of hydrogen-bond acceptors (Lipinski definition) is 6. The van der Waals surface area contributed by atoms with E-state index in [0.717, 1.165) is 41.0 Å². The minimum Gasteiger partial charge on any atom is -0.354 e. The molecule has 36 heavy (non-hydrogen) atoms. The van der Waals surface area contributed by atoms with Crippen LogP contribution in [0.1, 0.15) is 57.0 Å². The Morgan fingerprint density at radius 1 is 1.11 bits per heavy atom. The van der Waals surface area contributed by atoms with Crippen molar-refractivity contribution in [2.24, 2.45) is 0 Å². The third-order valence-corrected chi connectivity index (χ3v) is 8.15. The lowest BCUT2D eigenvalue weighted by Crippen LogP contribution is -2.57. The number of benzene rings is 1. The van der Waals surface area contributed by atoms with E-state index < -0.39 is 0 Å². The summed E-state index contributed by atoms with van der Waals surface area (Å²) < 4.78 is 0. The van der Waals surface area contributed by atoms with Gasteiger partial charge in [0.25, 0.3) is 11.8 Å². The number of aromatic amines is 1. The van der Waals surface area contributed by atoms with E-state index in [1.165, 1.54) is 18.3 Å². The van der Waals surface area contributed by atoms with Crippen LogP contribution < -0.4 is 16.0 Å². The first kappa shape index (κ1) is 24.7. The Bertz CT molecular complexity index is 1320. The maximum Gasteiger partial charge on any atom is 0.280 e. The summed E-state index contributed by atoms with van der Waals surface area (Å²) in [4.78, 5) is 49.0. The van der Waals surface area contributed by atoms with Gasteiger partial charge in [0, 0.05) is 59.3 Å². The van der Waals surface area contributed by atoms with Gasteiger partial charge in [-0.05, 0) is 50.6 Å². The number of rotatable bonds is 5. The molecule has 1 aliphatic carbocycles. The van der Waals surface area contributed by atoms with Crippen LogP contribution in [0, 0.1) is 0 Å². The Morgan fingerprint density at radius 2 is 1.92 bits per heavy atom. The van der Waals surface area contributed by atoms with Crippen LogP contribution in [-0.4, -0.2) is 64.3 Å². The number of H-pyrrole nitrogens is 1. The number of likely N-dealkylation sites (N-methyl/N-ethyl adjacent to an activating group) is 1. The van der Waals surface area contributed by atoms with Crippen molar-refractivity contribution in [3.63, 3.8) is 0 Å². The van der Waals surface area contributed by atoms with Gasteiger partial charge in [-0.1, -0.05) is 11.6 Å². The molecule has 4 N–H and O–H groups in total. The number of thiazole rings is 1. The lowest BCUT2D eigenvalue weighted by molar-refractivity contribution is -0.119. The number of nitrogens with one attached hydrogen (secondary N) is 4. The summed E-state index contributed by atoms with van der Waals surface area (Å²) in [6.07, 6.45) is 2.69. The Hall–Kier alpha value is -2.95. The predicted molar refractivity (Wildman–Crippen MR) is 139 cm³/mol. The molecular formula is C25H29ClN6O3S. The number of aromatic nitrogens is 2. The van der Waals surface area contributed by atoms with Gasteiger partial charge in [0.1, 0.15) is 5.69 Å². The topological polar surface area (TPSA) is 119 Å². The van der Waals surface area contributed by atoms with Gasteiger partial charge in [0.15, 0.2) is 5.01 Å². The molecule has 1 fully saturated rings. The average Bonchev–Trinajstić information content (AvgIpc) is 3.44. The normalized spacial score (nSPS) is 22.1. The van der Waals surface area contributed by atoms with Crippen LogP contribution in [0.5, 0.6) is 0 Å². The number of carbonyl (C=O) groups excluding carboxylic acids is 3. The fourth-order valence-electron chi connectivity index (χ4n) is 5.04. The Kier molecular flexibility index (Phi) is 7.00. The van der Waals surface area contributed by atoms with Crippen LogP contribution >= 0.6 is 22.9 Å². The zero-order chi connectivity index (χ0) is 25.4. The molecule has 5 rings (SSSR count). The largest absolute Gasteiger partial charge is 0.354 e. The summed E-state index contributed by atoms with van der Waals surface area (Å²) in [5.41, 5.74) is 2.23. The summed E-state index contributed by atoms with van der Waals surface area (Å²) >= 11 is 7.52. The van der Waals surface area contributed by atoms with Crippen molar-refractivity contribution < 1.29 is 14.4 Å². The summed E-state index contributed by atoms with van der Waals surface area (Å²) in [7, 11) is 2.06. The molecule has 9 nitrogen and oxygen atoms in total. The summed E-state index contributed by atoms with van der Waals surface area (Å²) in [6, 6.07) is 6.43. The Balaban J connectivity index is 1.32. The van der Waals surface area contributed by atoms with Crippen molar-refractivity contribution in [2.75, 3.05) is 13.6 Å². The van der Waals surface area contributed by atoms with Gasteiger partial charge in [-0.15, -0.1) is 11.3 Å².